The number of carbonyl (C=O) groups is 1. The minimum absolute atomic E-state index is 0.117. The Labute approximate surface area is 131 Å². The molecule has 21 heavy (non-hydrogen) atoms. The zero-order valence-electron chi connectivity index (χ0n) is 13.7. The van der Waals surface area contributed by atoms with Crippen LogP contribution in [0, 0.1) is 5.92 Å². The molecule has 1 amide bonds. The van der Waals surface area contributed by atoms with E-state index in [1.165, 1.54) is 11.3 Å². The number of nitrogens with two attached hydrogens (primary N) is 1. The molecule has 1 heterocycles. The Hall–Kier alpha value is -1.30. The van der Waals surface area contributed by atoms with Crippen molar-refractivity contribution >= 4 is 28.2 Å². The third-order valence-corrected chi connectivity index (χ3v) is 4.96. The summed E-state index contributed by atoms with van der Waals surface area (Å²) < 4.78 is 0. The molecule has 0 spiro atoms. The standard InChI is InChI=1S/C15H28N4OS/c1-6-15(7-2,8-3)19-13(20)11-12(16)18-14(21-11)17-9-10(4)5/h10H,6-9,16H2,1-5H3,(H,17,18)(H,19,20). The van der Waals surface area contributed by atoms with Gasteiger partial charge in [0.1, 0.15) is 10.7 Å². The summed E-state index contributed by atoms with van der Waals surface area (Å²) in [5.41, 5.74) is 5.74. The predicted octanol–water partition coefficient (Wildman–Crippen LogP) is 3.49. The van der Waals surface area contributed by atoms with Crippen LogP contribution < -0.4 is 16.4 Å². The fourth-order valence-corrected chi connectivity index (χ4v) is 2.96. The summed E-state index contributed by atoms with van der Waals surface area (Å²) in [7, 11) is 0. The van der Waals surface area contributed by atoms with Crippen LogP contribution >= 0.6 is 11.3 Å². The summed E-state index contributed by atoms with van der Waals surface area (Å²) in [4.78, 5) is 17.2. The van der Waals surface area contributed by atoms with Crippen LogP contribution in [0.25, 0.3) is 0 Å². The molecule has 120 valence electrons. The highest BCUT2D eigenvalue weighted by molar-refractivity contribution is 7.18. The number of amides is 1. The van der Waals surface area contributed by atoms with E-state index in [0.29, 0.717) is 21.7 Å². The quantitative estimate of drug-likeness (QED) is 0.686. The van der Waals surface area contributed by atoms with Gasteiger partial charge in [-0.2, -0.15) is 0 Å². The smallest absolute Gasteiger partial charge is 0.265 e. The topological polar surface area (TPSA) is 80.0 Å². The van der Waals surface area contributed by atoms with Crippen molar-refractivity contribution in [2.45, 2.75) is 59.4 Å². The summed E-state index contributed by atoms with van der Waals surface area (Å²) in [6.45, 7) is 11.3. The molecule has 6 heteroatoms. The maximum atomic E-state index is 12.5. The second-order valence-corrected chi connectivity index (χ2v) is 6.80. The van der Waals surface area contributed by atoms with E-state index < -0.39 is 0 Å². The molecule has 0 aliphatic carbocycles. The molecule has 0 saturated heterocycles. The minimum atomic E-state index is -0.154. The number of hydrogen-bond acceptors (Lipinski definition) is 5. The Morgan fingerprint density at radius 3 is 2.33 bits per heavy atom. The third kappa shape index (κ3) is 4.59. The molecule has 0 unspecified atom stereocenters. The van der Waals surface area contributed by atoms with Crippen LogP contribution in [0.4, 0.5) is 10.9 Å². The van der Waals surface area contributed by atoms with E-state index in [2.05, 4.69) is 50.2 Å². The first-order valence-corrected chi connectivity index (χ1v) is 8.51. The summed E-state index contributed by atoms with van der Waals surface area (Å²) in [6, 6.07) is 0. The highest BCUT2D eigenvalue weighted by Gasteiger charge is 2.28. The van der Waals surface area contributed by atoms with Gasteiger partial charge < -0.3 is 16.4 Å². The summed E-state index contributed by atoms with van der Waals surface area (Å²) in [6.07, 6.45) is 2.72. The van der Waals surface area contributed by atoms with E-state index in [1.807, 2.05) is 0 Å². The van der Waals surface area contributed by atoms with Crippen LogP contribution in [0.3, 0.4) is 0 Å². The van der Waals surface area contributed by atoms with Gasteiger partial charge in [0, 0.05) is 12.1 Å². The molecule has 0 aliphatic heterocycles. The molecular formula is C15H28N4OS. The van der Waals surface area contributed by atoms with Crippen molar-refractivity contribution < 1.29 is 4.79 Å². The Kier molecular flexibility index (Phi) is 6.45. The first kappa shape index (κ1) is 17.8. The molecule has 0 bridgehead atoms. The minimum Gasteiger partial charge on any atom is -0.382 e. The molecule has 1 aromatic heterocycles. The summed E-state index contributed by atoms with van der Waals surface area (Å²) in [5, 5.41) is 7.06. The normalized spacial score (nSPS) is 11.7. The lowest BCUT2D eigenvalue weighted by Crippen LogP contribution is -2.47. The highest BCUT2D eigenvalue weighted by Crippen LogP contribution is 2.27. The number of thiazole rings is 1. The fraction of sp³-hybridized carbons (Fsp3) is 0.733. The number of aromatic nitrogens is 1. The molecule has 4 N–H and O–H groups in total. The van der Waals surface area contributed by atoms with Crippen LogP contribution in [-0.2, 0) is 0 Å². The van der Waals surface area contributed by atoms with Crippen molar-refractivity contribution in [1.29, 1.82) is 0 Å². The average molecular weight is 312 g/mol. The van der Waals surface area contributed by atoms with Gasteiger partial charge in [0.15, 0.2) is 5.13 Å². The third-order valence-electron chi connectivity index (χ3n) is 3.93. The van der Waals surface area contributed by atoms with Gasteiger partial charge in [-0.15, -0.1) is 0 Å². The zero-order valence-corrected chi connectivity index (χ0v) is 14.6. The number of nitrogens with zero attached hydrogens (tertiary/aromatic N) is 1. The van der Waals surface area contributed by atoms with Gasteiger partial charge in [0.05, 0.1) is 0 Å². The molecule has 5 nitrogen and oxygen atoms in total. The predicted molar refractivity (Wildman–Crippen MR) is 90.9 cm³/mol. The van der Waals surface area contributed by atoms with Crippen molar-refractivity contribution in [3.63, 3.8) is 0 Å². The summed E-state index contributed by atoms with van der Waals surface area (Å²) >= 11 is 1.32. The zero-order chi connectivity index (χ0) is 16.0. The van der Waals surface area contributed by atoms with Crippen LogP contribution in [-0.4, -0.2) is 23.0 Å². The van der Waals surface area contributed by atoms with Gasteiger partial charge >= 0.3 is 0 Å². The Bertz CT molecular complexity index is 458. The van der Waals surface area contributed by atoms with Crippen LogP contribution in [0.2, 0.25) is 0 Å². The molecule has 1 rings (SSSR count). The highest BCUT2D eigenvalue weighted by atomic mass is 32.1. The van der Waals surface area contributed by atoms with E-state index >= 15 is 0 Å². The summed E-state index contributed by atoms with van der Waals surface area (Å²) in [5.74, 6) is 0.703. The van der Waals surface area contributed by atoms with Crippen LogP contribution in [0.1, 0.15) is 63.6 Å². The monoisotopic (exact) mass is 312 g/mol. The largest absolute Gasteiger partial charge is 0.382 e. The fourth-order valence-electron chi connectivity index (χ4n) is 2.17. The number of anilines is 2. The van der Waals surface area contributed by atoms with E-state index in [-0.39, 0.29) is 11.4 Å². The molecular weight excluding hydrogens is 284 g/mol. The number of nitrogen functional groups attached to an aromatic ring is 1. The Balaban J connectivity index is 2.83. The lowest BCUT2D eigenvalue weighted by atomic mass is 9.90. The molecule has 0 fully saturated rings. The van der Waals surface area contributed by atoms with Crippen molar-refractivity contribution in [3.8, 4) is 0 Å². The first-order valence-electron chi connectivity index (χ1n) is 7.70. The molecule has 1 aromatic rings. The van der Waals surface area contributed by atoms with Crippen molar-refractivity contribution in [3.05, 3.63) is 4.88 Å². The van der Waals surface area contributed by atoms with E-state index in [1.54, 1.807) is 0 Å². The van der Waals surface area contributed by atoms with Crippen molar-refractivity contribution in [2.24, 2.45) is 5.92 Å². The molecule has 0 radical (unpaired) electrons. The van der Waals surface area contributed by atoms with Gasteiger partial charge in [-0.25, -0.2) is 4.98 Å². The van der Waals surface area contributed by atoms with Crippen molar-refractivity contribution in [2.75, 3.05) is 17.6 Å². The number of hydrogen-bond donors (Lipinski definition) is 3. The maximum absolute atomic E-state index is 12.5. The molecule has 0 aromatic carbocycles. The lowest BCUT2D eigenvalue weighted by Gasteiger charge is -2.31. The van der Waals surface area contributed by atoms with Gasteiger partial charge in [0.2, 0.25) is 0 Å². The Morgan fingerprint density at radius 1 is 1.29 bits per heavy atom. The Morgan fingerprint density at radius 2 is 1.86 bits per heavy atom. The van der Waals surface area contributed by atoms with Gasteiger partial charge in [-0.1, -0.05) is 46.0 Å². The van der Waals surface area contributed by atoms with Gasteiger partial charge in [-0.3, -0.25) is 4.79 Å². The molecule has 0 aliphatic rings. The molecule has 0 saturated carbocycles. The maximum Gasteiger partial charge on any atom is 0.265 e. The average Bonchev–Trinajstić information content (AvgIpc) is 2.84. The second-order valence-electron chi connectivity index (χ2n) is 5.80. The van der Waals surface area contributed by atoms with Crippen molar-refractivity contribution in [1.82, 2.24) is 10.3 Å². The number of carbonyl (C=O) groups excluding carboxylic acids is 1. The second kappa shape index (κ2) is 7.64. The van der Waals surface area contributed by atoms with Crippen LogP contribution in [0.15, 0.2) is 0 Å². The SMILES string of the molecule is CCC(CC)(CC)NC(=O)c1sc(NCC(C)C)nc1N. The number of rotatable bonds is 8. The van der Waals surface area contributed by atoms with Gasteiger partial charge in [-0.05, 0) is 25.2 Å². The molecule has 0 atom stereocenters. The van der Waals surface area contributed by atoms with Crippen LogP contribution in [0.5, 0.6) is 0 Å². The van der Waals surface area contributed by atoms with E-state index in [9.17, 15) is 4.79 Å². The lowest BCUT2D eigenvalue weighted by molar-refractivity contribution is 0.0893. The van der Waals surface area contributed by atoms with E-state index in [0.717, 1.165) is 25.8 Å². The first-order chi connectivity index (χ1) is 9.87. The van der Waals surface area contributed by atoms with Gasteiger partial charge in [0.25, 0.3) is 5.91 Å². The van der Waals surface area contributed by atoms with E-state index in [4.69, 9.17) is 5.73 Å². The number of nitrogens with one attached hydrogen (secondary N) is 2.